The molecule has 64 valence electrons. The Hall–Kier alpha value is -0.950. The van der Waals surface area contributed by atoms with Crippen LogP contribution in [-0.4, -0.2) is 23.8 Å². The Kier molecular flexibility index (Phi) is 3.18. The van der Waals surface area contributed by atoms with Gasteiger partial charge in [0.25, 0.3) is 0 Å². The summed E-state index contributed by atoms with van der Waals surface area (Å²) in [5.74, 6) is 1.45. The molecule has 0 amide bonds. The molecule has 0 aromatic heterocycles. The second-order valence-corrected chi connectivity index (χ2v) is 3.65. The van der Waals surface area contributed by atoms with Crippen LogP contribution in [0.1, 0.15) is 6.92 Å². The highest BCUT2D eigenvalue weighted by molar-refractivity contribution is 7.99. The minimum Gasteiger partial charge on any atom is -0.378 e. The van der Waals surface area contributed by atoms with Crippen LogP contribution in [0.2, 0.25) is 0 Å². The molecule has 1 heterocycles. The standard InChI is InChI=1S/C8H10N2OS/c1-6-7(2-9)4-12-5-8(3-11)10-6/h3,8,10H,4-5H2,1H3/t8-/m1/s1. The SMILES string of the molecule is CC1=C(C#N)CSC[C@@H](C=O)N1. The largest absolute Gasteiger partial charge is 0.378 e. The molecule has 0 unspecified atom stereocenters. The number of hydrogen-bond acceptors (Lipinski definition) is 4. The van der Waals surface area contributed by atoms with E-state index in [1.54, 1.807) is 11.8 Å². The Labute approximate surface area is 75.8 Å². The van der Waals surface area contributed by atoms with E-state index in [2.05, 4.69) is 11.4 Å². The van der Waals surface area contributed by atoms with Crippen molar-refractivity contribution in [2.24, 2.45) is 0 Å². The molecule has 1 atom stereocenters. The zero-order valence-electron chi connectivity index (χ0n) is 6.83. The van der Waals surface area contributed by atoms with Gasteiger partial charge >= 0.3 is 0 Å². The summed E-state index contributed by atoms with van der Waals surface area (Å²) in [6.07, 6.45) is 0.886. The maximum absolute atomic E-state index is 10.5. The fourth-order valence-electron chi connectivity index (χ4n) is 0.993. The summed E-state index contributed by atoms with van der Waals surface area (Å²) in [5, 5.41) is 11.7. The van der Waals surface area contributed by atoms with Crippen LogP contribution < -0.4 is 5.32 Å². The molecule has 0 bridgehead atoms. The monoisotopic (exact) mass is 182 g/mol. The van der Waals surface area contributed by atoms with Gasteiger partial charge in [0.05, 0.1) is 17.7 Å². The number of carbonyl (C=O) groups excluding carboxylic acids is 1. The van der Waals surface area contributed by atoms with Crippen molar-refractivity contribution in [2.45, 2.75) is 13.0 Å². The molecule has 3 nitrogen and oxygen atoms in total. The number of allylic oxidation sites excluding steroid dienone is 1. The van der Waals surface area contributed by atoms with Crippen molar-refractivity contribution in [3.8, 4) is 6.07 Å². The predicted molar refractivity (Wildman–Crippen MR) is 48.6 cm³/mol. The smallest absolute Gasteiger partial charge is 0.143 e. The molecule has 1 aliphatic rings. The van der Waals surface area contributed by atoms with Crippen LogP contribution in [-0.2, 0) is 4.79 Å². The van der Waals surface area contributed by atoms with Crippen molar-refractivity contribution in [3.63, 3.8) is 0 Å². The maximum atomic E-state index is 10.5. The lowest BCUT2D eigenvalue weighted by Crippen LogP contribution is -2.30. The van der Waals surface area contributed by atoms with Crippen LogP contribution in [0, 0.1) is 11.3 Å². The summed E-state index contributed by atoms with van der Waals surface area (Å²) >= 11 is 1.61. The van der Waals surface area contributed by atoms with Gasteiger partial charge in [-0.25, -0.2) is 0 Å². The number of thioether (sulfide) groups is 1. The minimum atomic E-state index is -0.138. The van der Waals surface area contributed by atoms with Crippen molar-refractivity contribution in [3.05, 3.63) is 11.3 Å². The number of nitriles is 1. The first kappa shape index (κ1) is 9.14. The van der Waals surface area contributed by atoms with Crippen molar-refractivity contribution >= 4 is 18.0 Å². The molecule has 1 rings (SSSR count). The van der Waals surface area contributed by atoms with E-state index < -0.39 is 0 Å². The van der Waals surface area contributed by atoms with Gasteiger partial charge in [-0.3, -0.25) is 0 Å². The Morgan fingerprint density at radius 1 is 1.83 bits per heavy atom. The highest BCUT2D eigenvalue weighted by Gasteiger charge is 2.14. The first-order chi connectivity index (χ1) is 5.77. The Bertz CT molecular complexity index is 254. The van der Waals surface area contributed by atoms with Gasteiger partial charge in [0.2, 0.25) is 0 Å². The van der Waals surface area contributed by atoms with Gasteiger partial charge in [0.15, 0.2) is 0 Å². The number of aldehydes is 1. The summed E-state index contributed by atoms with van der Waals surface area (Å²) in [7, 11) is 0. The topological polar surface area (TPSA) is 52.9 Å². The van der Waals surface area contributed by atoms with E-state index in [0.29, 0.717) is 5.75 Å². The third kappa shape index (κ3) is 2.02. The van der Waals surface area contributed by atoms with Crippen LogP contribution in [0.4, 0.5) is 0 Å². The summed E-state index contributed by atoms with van der Waals surface area (Å²) in [4.78, 5) is 10.5. The zero-order valence-corrected chi connectivity index (χ0v) is 7.65. The maximum Gasteiger partial charge on any atom is 0.143 e. The molecule has 4 heteroatoms. The summed E-state index contributed by atoms with van der Waals surface area (Å²) in [6.45, 7) is 1.83. The van der Waals surface area contributed by atoms with Gasteiger partial charge in [-0.2, -0.15) is 17.0 Å². The summed E-state index contributed by atoms with van der Waals surface area (Å²) in [5.41, 5.74) is 1.57. The van der Waals surface area contributed by atoms with E-state index in [9.17, 15) is 4.79 Å². The normalized spacial score (nSPS) is 23.8. The number of nitrogens with one attached hydrogen (secondary N) is 1. The molecule has 0 saturated heterocycles. The second kappa shape index (κ2) is 4.17. The molecule has 0 aromatic rings. The lowest BCUT2D eigenvalue weighted by atomic mass is 10.2. The van der Waals surface area contributed by atoms with Gasteiger partial charge in [-0.05, 0) is 6.92 Å². The Morgan fingerprint density at radius 3 is 3.17 bits per heavy atom. The van der Waals surface area contributed by atoms with Crippen molar-refractivity contribution < 1.29 is 4.79 Å². The highest BCUT2D eigenvalue weighted by atomic mass is 32.2. The minimum absolute atomic E-state index is 0.138. The number of hydrogen-bond donors (Lipinski definition) is 1. The molecule has 0 spiro atoms. The number of rotatable bonds is 1. The summed E-state index contributed by atoms with van der Waals surface area (Å²) in [6, 6.07) is 1.98. The average molecular weight is 182 g/mol. The van der Waals surface area contributed by atoms with Crippen molar-refractivity contribution in [1.82, 2.24) is 5.32 Å². The third-order valence-corrected chi connectivity index (χ3v) is 2.79. The van der Waals surface area contributed by atoms with Gasteiger partial charge in [-0.15, -0.1) is 0 Å². The van der Waals surface area contributed by atoms with Crippen LogP contribution in [0.5, 0.6) is 0 Å². The number of carbonyl (C=O) groups is 1. The molecule has 12 heavy (non-hydrogen) atoms. The van der Waals surface area contributed by atoms with Crippen LogP contribution in [0.25, 0.3) is 0 Å². The predicted octanol–water partition coefficient (Wildman–Crippen LogP) is 0.688. The molecule has 0 aromatic carbocycles. The summed E-state index contributed by atoms with van der Waals surface area (Å²) < 4.78 is 0. The van der Waals surface area contributed by atoms with E-state index in [4.69, 9.17) is 5.26 Å². The van der Waals surface area contributed by atoms with Crippen LogP contribution in [0.3, 0.4) is 0 Å². The van der Waals surface area contributed by atoms with E-state index in [1.807, 2.05) is 6.92 Å². The molecular weight excluding hydrogens is 172 g/mol. The van der Waals surface area contributed by atoms with Crippen molar-refractivity contribution in [2.75, 3.05) is 11.5 Å². The Morgan fingerprint density at radius 2 is 2.58 bits per heavy atom. The van der Waals surface area contributed by atoms with Crippen LogP contribution in [0.15, 0.2) is 11.3 Å². The third-order valence-electron chi connectivity index (χ3n) is 1.70. The first-order valence-corrected chi connectivity index (χ1v) is 4.83. The fraction of sp³-hybridized carbons (Fsp3) is 0.500. The second-order valence-electron chi connectivity index (χ2n) is 2.62. The van der Waals surface area contributed by atoms with Gasteiger partial charge in [-0.1, -0.05) is 0 Å². The van der Waals surface area contributed by atoms with E-state index in [1.165, 1.54) is 0 Å². The molecule has 0 aliphatic carbocycles. The van der Waals surface area contributed by atoms with Gasteiger partial charge in [0.1, 0.15) is 6.29 Å². The molecule has 0 saturated carbocycles. The molecule has 1 aliphatic heterocycles. The van der Waals surface area contributed by atoms with E-state index >= 15 is 0 Å². The molecule has 1 N–H and O–H groups in total. The highest BCUT2D eigenvalue weighted by Crippen LogP contribution is 2.15. The van der Waals surface area contributed by atoms with E-state index in [0.717, 1.165) is 23.3 Å². The fourth-order valence-corrected chi connectivity index (χ4v) is 2.01. The lowest BCUT2D eigenvalue weighted by Gasteiger charge is -2.09. The Balaban J connectivity index is 2.76. The van der Waals surface area contributed by atoms with Crippen molar-refractivity contribution in [1.29, 1.82) is 5.26 Å². The quantitative estimate of drug-likeness (QED) is 0.606. The molecule has 0 fully saturated rings. The van der Waals surface area contributed by atoms with Crippen LogP contribution >= 0.6 is 11.8 Å². The molecule has 0 radical (unpaired) electrons. The van der Waals surface area contributed by atoms with Gasteiger partial charge < -0.3 is 10.1 Å². The average Bonchev–Trinajstić information content (AvgIpc) is 2.26. The zero-order chi connectivity index (χ0) is 8.97. The lowest BCUT2D eigenvalue weighted by molar-refractivity contribution is -0.108. The molecular formula is C8H10N2OS. The first-order valence-electron chi connectivity index (χ1n) is 3.67. The number of nitrogens with zero attached hydrogens (tertiary/aromatic N) is 1. The van der Waals surface area contributed by atoms with E-state index in [-0.39, 0.29) is 6.04 Å². The van der Waals surface area contributed by atoms with Gasteiger partial charge in [0, 0.05) is 17.2 Å².